The van der Waals surface area contributed by atoms with Gasteiger partial charge in [-0.1, -0.05) is 0 Å². The zero-order chi connectivity index (χ0) is 19.1. The van der Waals surface area contributed by atoms with Crippen molar-refractivity contribution in [1.82, 2.24) is 24.5 Å². The van der Waals surface area contributed by atoms with Crippen LogP contribution in [0.15, 0.2) is 23.2 Å². The van der Waals surface area contributed by atoms with Gasteiger partial charge >= 0.3 is 0 Å². The lowest BCUT2D eigenvalue weighted by molar-refractivity contribution is 0.387. The van der Waals surface area contributed by atoms with Crippen LogP contribution in [0.2, 0.25) is 0 Å². The van der Waals surface area contributed by atoms with Gasteiger partial charge in [0.05, 0.1) is 19.6 Å². The number of ether oxygens (including phenoxy) is 2. The fourth-order valence-electron chi connectivity index (χ4n) is 2.62. The molecule has 2 aromatic heterocycles. The third-order valence-electron chi connectivity index (χ3n) is 3.90. The van der Waals surface area contributed by atoms with Crippen molar-refractivity contribution in [1.29, 1.82) is 0 Å². The highest BCUT2D eigenvalue weighted by Gasteiger charge is 2.24. The Morgan fingerprint density at radius 2 is 1.88 bits per heavy atom. The van der Waals surface area contributed by atoms with Crippen molar-refractivity contribution in [3.63, 3.8) is 0 Å². The number of aryl methyl sites for hydroxylation is 1. The summed E-state index contributed by atoms with van der Waals surface area (Å²) in [6.45, 7) is 0. The van der Waals surface area contributed by atoms with Gasteiger partial charge in [-0.2, -0.15) is 10.1 Å². The van der Waals surface area contributed by atoms with Crippen molar-refractivity contribution in [2.75, 3.05) is 27.0 Å². The van der Waals surface area contributed by atoms with Crippen LogP contribution in [0.3, 0.4) is 0 Å². The molecule has 3 aromatic rings. The summed E-state index contributed by atoms with van der Waals surface area (Å²) >= 11 is 0. The molecule has 11 heteroatoms. The van der Waals surface area contributed by atoms with E-state index in [1.807, 2.05) is 0 Å². The molecular formula is C15H18N6O4S. The van der Waals surface area contributed by atoms with Crippen molar-refractivity contribution in [2.45, 2.75) is 4.90 Å². The van der Waals surface area contributed by atoms with Crippen LogP contribution in [-0.2, 0) is 17.1 Å². The van der Waals surface area contributed by atoms with Gasteiger partial charge in [-0.15, -0.1) is 0 Å². The Bertz CT molecular complexity index is 1090. The summed E-state index contributed by atoms with van der Waals surface area (Å²) in [4.78, 5) is 8.14. The van der Waals surface area contributed by atoms with E-state index in [-0.39, 0.29) is 16.6 Å². The third kappa shape index (κ3) is 2.80. The van der Waals surface area contributed by atoms with E-state index in [0.29, 0.717) is 28.0 Å². The largest absolute Gasteiger partial charge is 0.496 e. The molecular weight excluding hydrogens is 360 g/mol. The zero-order valence-electron chi connectivity index (χ0n) is 14.6. The second kappa shape index (κ2) is 6.42. The number of nitrogens with zero attached hydrogens (tertiary/aromatic N) is 4. The Labute approximate surface area is 150 Å². The van der Waals surface area contributed by atoms with E-state index in [2.05, 4.69) is 19.8 Å². The van der Waals surface area contributed by atoms with Gasteiger partial charge < -0.3 is 15.2 Å². The van der Waals surface area contributed by atoms with Crippen molar-refractivity contribution in [3.05, 3.63) is 18.3 Å². The van der Waals surface area contributed by atoms with E-state index in [0.717, 1.165) is 0 Å². The summed E-state index contributed by atoms with van der Waals surface area (Å²) < 4.78 is 39.2. The highest BCUT2D eigenvalue weighted by molar-refractivity contribution is 7.89. The van der Waals surface area contributed by atoms with Gasteiger partial charge in [0.25, 0.3) is 0 Å². The lowest BCUT2D eigenvalue weighted by Crippen LogP contribution is -2.19. The van der Waals surface area contributed by atoms with Gasteiger partial charge in [-0.3, -0.25) is 0 Å². The summed E-state index contributed by atoms with van der Waals surface area (Å²) in [6.07, 6.45) is 1.54. The Hall–Kier alpha value is -2.92. The molecule has 0 unspecified atom stereocenters. The smallest absolute Gasteiger partial charge is 0.244 e. The number of hydrogen-bond donors (Lipinski definition) is 2. The molecule has 0 aliphatic carbocycles. The van der Waals surface area contributed by atoms with Crippen LogP contribution >= 0.6 is 0 Å². The number of fused-ring (bicyclic) bond motifs is 1. The predicted octanol–water partition coefficient (Wildman–Crippen LogP) is 0.538. The highest BCUT2D eigenvalue weighted by atomic mass is 32.2. The molecule has 0 radical (unpaired) electrons. The third-order valence-corrected chi connectivity index (χ3v) is 5.33. The average Bonchev–Trinajstić information content (AvgIpc) is 2.96. The van der Waals surface area contributed by atoms with Crippen LogP contribution in [0.4, 0.5) is 5.95 Å². The van der Waals surface area contributed by atoms with Gasteiger partial charge in [0.15, 0.2) is 5.65 Å². The van der Waals surface area contributed by atoms with E-state index in [1.165, 1.54) is 39.6 Å². The molecule has 138 valence electrons. The van der Waals surface area contributed by atoms with Crippen LogP contribution in [0, 0.1) is 0 Å². The molecule has 0 saturated heterocycles. The fourth-order valence-corrected chi connectivity index (χ4v) is 3.52. The van der Waals surface area contributed by atoms with E-state index >= 15 is 0 Å². The molecule has 26 heavy (non-hydrogen) atoms. The van der Waals surface area contributed by atoms with Crippen LogP contribution < -0.4 is 19.9 Å². The lowest BCUT2D eigenvalue weighted by atomic mass is 10.1. The number of sulfonamides is 1. The molecule has 0 spiro atoms. The van der Waals surface area contributed by atoms with Crippen molar-refractivity contribution < 1.29 is 17.9 Å². The minimum atomic E-state index is -3.77. The number of nitrogens with two attached hydrogens (primary N) is 1. The molecule has 0 bridgehead atoms. The number of nitrogen functional groups attached to an aromatic ring is 1. The van der Waals surface area contributed by atoms with E-state index in [9.17, 15) is 8.42 Å². The summed E-state index contributed by atoms with van der Waals surface area (Å²) in [5.74, 6) is 0.668. The molecule has 3 N–H and O–H groups in total. The molecule has 0 saturated carbocycles. The molecule has 0 fully saturated rings. The van der Waals surface area contributed by atoms with Crippen molar-refractivity contribution >= 4 is 27.0 Å². The Morgan fingerprint density at radius 1 is 1.19 bits per heavy atom. The van der Waals surface area contributed by atoms with Crippen LogP contribution in [0.1, 0.15) is 0 Å². The number of rotatable bonds is 5. The van der Waals surface area contributed by atoms with Crippen molar-refractivity contribution in [2.24, 2.45) is 7.05 Å². The zero-order valence-corrected chi connectivity index (χ0v) is 15.5. The minimum absolute atomic E-state index is 0.0338. The number of hydrogen-bond acceptors (Lipinski definition) is 8. The molecule has 10 nitrogen and oxygen atoms in total. The SMILES string of the molecule is CNS(=O)(=O)c1cc(-c2nn(C)c3nc(N)ncc23)c(OC)cc1OC. The second-order valence-electron chi connectivity index (χ2n) is 5.35. The Kier molecular flexibility index (Phi) is 4.42. The first-order chi connectivity index (χ1) is 12.3. The normalized spacial score (nSPS) is 11.7. The predicted molar refractivity (Wildman–Crippen MR) is 95.5 cm³/mol. The molecule has 2 heterocycles. The molecule has 0 aliphatic heterocycles. The Balaban J connectivity index is 2.37. The Morgan fingerprint density at radius 3 is 2.50 bits per heavy atom. The van der Waals surface area contributed by atoms with E-state index < -0.39 is 10.0 Å². The number of benzene rings is 1. The summed E-state index contributed by atoms with van der Waals surface area (Å²) in [7, 11) is 2.13. The maximum atomic E-state index is 12.4. The number of methoxy groups -OCH3 is 2. The van der Waals surface area contributed by atoms with Crippen LogP contribution in [0.25, 0.3) is 22.3 Å². The molecule has 3 rings (SSSR count). The average molecular weight is 378 g/mol. The summed E-state index contributed by atoms with van der Waals surface area (Å²) in [5, 5.41) is 5.05. The standard InChI is InChI=1S/C15H18N6O4S/c1-17-26(22,23)12-5-8(10(24-3)6-11(12)25-4)13-9-7-18-15(16)19-14(9)21(2)20-13/h5-7,17H,1-4H3,(H2,16,18,19). The van der Waals surface area contributed by atoms with Gasteiger partial charge in [0, 0.05) is 24.9 Å². The van der Waals surface area contributed by atoms with Crippen LogP contribution in [0.5, 0.6) is 11.5 Å². The first kappa shape index (κ1) is 17.9. The second-order valence-corrected chi connectivity index (χ2v) is 7.20. The van der Waals surface area contributed by atoms with Gasteiger partial charge in [-0.25, -0.2) is 22.8 Å². The fraction of sp³-hybridized carbons (Fsp3) is 0.267. The minimum Gasteiger partial charge on any atom is -0.496 e. The van der Waals surface area contributed by atoms with Gasteiger partial charge in [-0.05, 0) is 13.1 Å². The topological polar surface area (TPSA) is 134 Å². The van der Waals surface area contributed by atoms with Crippen molar-refractivity contribution in [3.8, 4) is 22.8 Å². The number of anilines is 1. The molecule has 1 aromatic carbocycles. The molecule has 0 aliphatic rings. The van der Waals surface area contributed by atoms with E-state index in [4.69, 9.17) is 15.2 Å². The summed E-state index contributed by atoms with van der Waals surface area (Å²) in [5.41, 5.74) is 7.09. The van der Waals surface area contributed by atoms with Crippen LogP contribution in [-0.4, -0.2) is 49.4 Å². The molecule has 0 atom stereocenters. The maximum absolute atomic E-state index is 12.4. The first-order valence-corrected chi connectivity index (χ1v) is 8.95. The lowest BCUT2D eigenvalue weighted by Gasteiger charge is -2.14. The van der Waals surface area contributed by atoms with E-state index in [1.54, 1.807) is 11.7 Å². The highest BCUT2D eigenvalue weighted by Crippen LogP contribution is 2.39. The summed E-state index contributed by atoms with van der Waals surface area (Å²) in [6, 6.07) is 2.94. The molecule has 0 amide bonds. The van der Waals surface area contributed by atoms with Gasteiger partial charge in [0.1, 0.15) is 22.1 Å². The monoisotopic (exact) mass is 378 g/mol. The van der Waals surface area contributed by atoms with Gasteiger partial charge in [0.2, 0.25) is 16.0 Å². The number of aromatic nitrogens is 4. The first-order valence-electron chi connectivity index (χ1n) is 7.47. The quantitative estimate of drug-likeness (QED) is 0.657. The maximum Gasteiger partial charge on any atom is 0.244 e. The number of nitrogens with one attached hydrogen (secondary N) is 1.